The summed E-state index contributed by atoms with van der Waals surface area (Å²) < 4.78 is 10.9. The Hall–Kier alpha value is -3.87. The molecule has 27 heavy (non-hydrogen) atoms. The molecule has 7 heteroatoms. The molecular formula is C20H16N2O5. The lowest BCUT2D eigenvalue weighted by Crippen LogP contribution is -2.24. The van der Waals surface area contributed by atoms with Crippen molar-refractivity contribution >= 4 is 18.1 Å². The Labute approximate surface area is 154 Å². The first kappa shape index (κ1) is 17.9. The minimum absolute atomic E-state index is 0.160. The zero-order valence-corrected chi connectivity index (χ0v) is 14.2. The van der Waals surface area contributed by atoms with E-state index in [1.807, 2.05) is 18.2 Å². The summed E-state index contributed by atoms with van der Waals surface area (Å²) >= 11 is 0. The lowest BCUT2D eigenvalue weighted by molar-refractivity contribution is -0.123. The van der Waals surface area contributed by atoms with Crippen molar-refractivity contribution < 1.29 is 23.8 Å². The molecule has 0 radical (unpaired) electrons. The molecule has 0 unspecified atom stereocenters. The first-order valence-electron chi connectivity index (χ1n) is 8.05. The Bertz CT molecular complexity index is 963. The monoisotopic (exact) mass is 364 g/mol. The molecule has 136 valence electrons. The summed E-state index contributed by atoms with van der Waals surface area (Å²) in [6.07, 6.45) is 1.35. The molecule has 2 N–H and O–H groups in total. The first-order valence-corrected chi connectivity index (χ1v) is 8.05. The second-order valence-electron chi connectivity index (χ2n) is 5.48. The van der Waals surface area contributed by atoms with Crippen LogP contribution in [0.1, 0.15) is 16.1 Å². The fourth-order valence-corrected chi connectivity index (χ4v) is 2.25. The first-order chi connectivity index (χ1) is 13.1. The smallest absolute Gasteiger partial charge is 0.335 e. The van der Waals surface area contributed by atoms with E-state index >= 15 is 0 Å². The van der Waals surface area contributed by atoms with Crippen LogP contribution in [-0.4, -0.2) is 29.8 Å². The molecule has 1 amide bonds. The number of carbonyl (C=O) groups is 2. The van der Waals surface area contributed by atoms with Gasteiger partial charge in [0.1, 0.15) is 17.3 Å². The number of rotatable bonds is 7. The summed E-state index contributed by atoms with van der Waals surface area (Å²) in [5.41, 5.74) is 3.15. The van der Waals surface area contributed by atoms with Crippen LogP contribution in [0, 0.1) is 0 Å². The molecule has 0 aliphatic carbocycles. The quantitative estimate of drug-likeness (QED) is 0.495. The summed E-state index contributed by atoms with van der Waals surface area (Å²) in [6.45, 7) is -0.160. The summed E-state index contributed by atoms with van der Waals surface area (Å²) in [5.74, 6) is 0.0888. The van der Waals surface area contributed by atoms with Gasteiger partial charge in [-0.15, -0.1) is 0 Å². The number of hydrogen-bond donors (Lipinski definition) is 2. The molecule has 0 aliphatic rings. The summed E-state index contributed by atoms with van der Waals surface area (Å²) in [6, 6.07) is 18.7. The number of hydrazone groups is 1. The molecule has 3 aromatic rings. The SMILES string of the molecule is O=C(COc1ccccc1)N/N=C\c1ccc(-c2cccc(C(=O)O)c2)o1. The molecule has 0 saturated heterocycles. The third kappa shape index (κ3) is 5.05. The number of benzene rings is 2. The normalized spacial score (nSPS) is 10.7. The van der Waals surface area contributed by atoms with Crippen molar-refractivity contribution in [2.24, 2.45) is 5.10 Å². The van der Waals surface area contributed by atoms with Crippen LogP contribution in [0.5, 0.6) is 5.75 Å². The van der Waals surface area contributed by atoms with Crippen LogP contribution in [0.3, 0.4) is 0 Å². The third-order valence-electron chi connectivity index (χ3n) is 3.51. The van der Waals surface area contributed by atoms with Gasteiger partial charge in [0.25, 0.3) is 5.91 Å². The zero-order valence-electron chi connectivity index (χ0n) is 14.2. The average molecular weight is 364 g/mol. The van der Waals surface area contributed by atoms with Crippen LogP contribution in [-0.2, 0) is 4.79 Å². The highest BCUT2D eigenvalue weighted by atomic mass is 16.5. The van der Waals surface area contributed by atoms with E-state index in [4.69, 9.17) is 14.3 Å². The number of carboxylic acid groups (broad SMARTS) is 1. The fraction of sp³-hybridized carbons (Fsp3) is 0.0500. The Morgan fingerprint density at radius 3 is 2.67 bits per heavy atom. The van der Waals surface area contributed by atoms with E-state index in [1.165, 1.54) is 18.3 Å². The van der Waals surface area contributed by atoms with Crippen molar-refractivity contribution in [3.05, 3.63) is 78.1 Å². The Kier molecular flexibility index (Phi) is 5.64. The summed E-state index contributed by atoms with van der Waals surface area (Å²) in [5, 5.41) is 12.9. The summed E-state index contributed by atoms with van der Waals surface area (Å²) in [7, 11) is 0. The van der Waals surface area contributed by atoms with Crippen LogP contribution in [0.15, 0.2) is 76.2 Å². The van der Waals surface area contributed by atoms with Gasteiger partial charge in [0.15, 0.2) is 6.61 Å². The van der Waals surface area contributed by atoms with Crippen molar-refractivity contribution in [2.45, 2.75) is 0 Å². The molecule has 0 atom stereocenters. The van der Waals surface area contributed by atoms with Crippen molar-refractivity contribution in [1.82, 2.24) is 5.43 Å². The second-order valence-corrected chi connectivity index (χ2v) is 5.48. The molecule has 0 aliphatic heterocycles. The van der Waals surface area contributed by atoms with Crippen LogP contribution >= 0.6 is 0 Å². The van der Waals surface area contributed by atoms with Crippen LogP contribution in [0.2, 0.25) is 0 Å². The Balaban J connectivity index is 1.55. The van der Waals surface area contributed by atoms with Gasteiger partial charge in [-0.3, -0.25) is 4.79 Å². The van der Waals surface area contributed by atoms with Crippen molar-refractivity contribution in [1.29, 1.82) is 0 Å². The average Bonchev–Trinajstić information content (AvgIpc) is 3.16. The molecule has 0 fully saturated rings. The number of aromatic carboxylic acids is 1. The van der Waals surface area contributed by atoms with Gasteiger partial charge in [0.2, 0.25) is 0 Å². The van der Waals surface area contributed by atoms with Crippen molar-refractivity contribution in [3.8, 4) is 17.1 Å². The highest BCUT2D eigenvalue weighted by Gasteiger charge is 2.08. The number of furan rings is 1. The number of nitrogens with zero attached hydrogens (tertiary/aromatic N) is 1. The van der Waals surface area contributed by atoms with Crippen LogP contribution in [0.4, 0.5) is 0 Å². The van der Waals surface area contributed by atoms with Gasteiger partial charge in [0, 0.05) is 5.56 Å². The van der Waals surface area contributed by atoms with Gasteiger partial charge in [-0.2, -0.15) is 5.10 Å². The topological polar surface area (TPSA) is 101 Å². The van der Waals surface area contributed by atoms with Crippen LogP contribution < -0.4 is 10.2 Å². The van der Waals surface area contributed by atoms with Crippen LogP contribution in [0.25, 0.3) is 11.3 Å². The lowest BCUT2D eigenvalue weighted by atomic mass is 10.1. The number of para-hydroxylation sites is 1. The molecule has 0 spiro atoms. The van der Waals surface area contributed by atoms with Gasteiger partial charge in [0.05, 0.1) is 11.8 Å². The van der Waals surface area contributed by atoms with Gasteiger partial charge < -0.3 is 14.3 Å². The van der Waals surface area contributed by atoms with Gasteiger partial charge in [-0.1, -0.05) is 30.3 Å². The lowest BCUT2D eigenvalue weighted by Gasteiger charge is -2.03. The highest BCUT2D eigenvalue weighted by molar-refractivity contribution is 5.89. The fourth-order valence-electron chi connectivity index (χ4n) is 2.25. The van der Waals surface area contributed by atoms with E-state index < -0.39 is 11.9 Å². The molecule has 0 saturated carbocycles. The van der Waals surface area contributed by atoms with Crippen molar-refractivity contribution in [2.75, 3.05) is 6.61 Å². The van der Waals surface area contributed by atoms with E-state index in [9.17, 15) is 9.59 Å². The molecular weight excluding hydrogens is 348 g/mol. The maximum absolute atomic E-state index is 11.7. The van der Waals surface area contributed by atoms with E-state index in [-0.39, 0.29) is 12.2 Å². The van der Waals surface area contributed by atoms with E-state index in [0.717, 1.165) is 0 Å². The minimum Gasteiger partial charge on any atom is -0.484 e. The predicted octanol–water partition coefficient (Wildman–Crippen LogP) is 3.17. The number of carbonyl (C=O) groups excluding carboxylic acids is 1. The van der Waals surface area contributed by atoms with Gasteiger partial charge in [-0.05, 0) is 36.4 Å². The maximum Gasteiger partial charge on any atom is 0.335 e. The Morgan fingerprint density at radius 1 is 1.07 bits per heavy atom. The number of ether oxygens (including phenoxy) is 1. The third-order valence-corrected chi connectivity index (χ3v) is 3.51. The van der Waals surface area contributed by atoms with E-state index in [2.05, 4.69) is 10.5 Å². The highest BCUT2D eigenvalue weighted by Crippen LogP contribution is 2.22. The standard InChI is InChI=1S/C20H16N2O5/c23-19(13-26-16-7-2-1-3-8-16)22-21-12-17-9-10-18(27-17)14-5-4-6-15(11-14)20(24)25/h1-12H,13H2,(H,22,23)(H,24,25)/b21-12-. The molecule has 1 heterocycles. The van der Waals surface area contributed by atoms with E-state index in [1.54, 1.807) is 36.4 Å². The number of nitrogens with one attached hydrogen (secondary N) is 1. The number of carboxylic acids is 1. The Morgan fingerprint density at radius 2 is 1.89 bits per heavy atom. The second kappa shape index (κ2) is 8.48. The predicted molar refractivity (Wildman–Crippen MR) is 98.8 cm³/mol. The molecule has 2 aromatic carbocycles. The molecule has 0 bridgehead atoms. The molecule has 3 rings (SSSR count). The number of amides is 1. The molecule has 7 nitrogen and oxygen atoms in total. The van der Waals surface area contributed by atoms with Gasteiger partial charge in [-0.25, -0.2) is 10.2 Å². The van der Waals surface area contributed by atoms with Crippen molar-refractivity contribution in [3.63, 3.8) is 0 Å². The number of hydrogen-bond acceptors (Lipinski definition) is 5. The van der Waals surface area contributed by atoms with Gasteiger partial charge >= 0.3 is 5.97 Å². The molecule has 1 aromatic heterocycles. The van der Waals surface area contributed by atoms with E-state index in [0.29, 0.717) is 22.8 Å². The maximum atomic E-state index is 11.7. The summed E-state index contributed by atoms with van der Waals surface area (Å²) in [4.78, 5) is 22.7. The zero-order chi connectivity index (χ0) is 19.1. The minimum atomic E-state index is -1.01. The largest absolute Gasteiger partial charge is 0.484 e.